The van der Waals surface area contributed by atoms with Gasteiger partial charge in [-0.15, -0.1) is 5.10 Å². The van der Waals surface area contributed by atoms with Gasteiger partial charge in [0, 0.05) is 24.8 Å². The number of hydrogen-bond acceptors (Lipinski definition) is 4. The molecule has 3 heterocycles. The molecule has 6 heteroatoms. The van der Waals surface area contributed by atoms with Crippen LogP contribution in [0.2, 0.25) is 5.02 Å². The van der Waals surface area contributed by atoms with Gasteiger partial charge in [-0.1, -0.05) is 11.6 Å². The first kappa shape index (κ1) is 12.4. The monoisotopic (exact) mass is 291 g/mol. The third-order valence-electron chi connectivity index (χ3n) is 4.11. The van der Waals surface area contributed by atoms with Crippen LogP contribution >= 0.6 is 11.6 Å². The number of anilines is 1. The van der Waals surface area contributed by atoms with E-state index in [1.165, 1.54) is 25.7 Å². The summed E-state index contributed by atoms with van der Waals surface area (Å²) in [5.41, 5.74) is 0.856. The number of fused-ring (bicyclic) bond motifs is 1. The molecule has 106 valence electrons. The third kappa shape index (κ3) is 2.36. The zero-order chi connectivity index (χ0) is 13.5. The van der Waals surface area contributed by atoms with E-state index in [4.69, 9.17) is 11.6 Å². The lowest BCUT2D eigenvalue weighted by Gasteiger charge is -2.24. The number of nitrogens with one attached hydrogen (secondary N) is 1. The fraction of sp³-hybridized carbons (Fsp3) is 0.571. The lowest BCUT2D eigenvalue weighted by Crippen LogP contribution is -2.39. The lowest BCUT2D eigenvalue weighted by atomic mass is 10.2. The standard InChI is InChI=1S/C14H18ClN5/c15-10-3-6-13-17-14(18-20(13)8-10)19(12-4-5-12)9-11-2-1-7-16-11/h3,6,8,11-12,16H,1-2,4-5,7,9H2. The Morgan fingerprint density at radius 1 is 1.35 bits per heavy atom. The van der Waals surface area contributed by atoms with Crippen molar-refractivity contribution < 1.29 is 0 Å². The summed E-state index contributed by atoms with van der Waals surface area (Å²) < 4.78 is 1.77. The van der Waals surface area contributed by atoms with E-state index in [-0.39, 0.29) is 0 Å². The quantitative estimate of drug-likeness (QED) is 0.937. The number of halogens is 1. The van der Waals surface area contributed by atoms with Crippen molar-refractivity contribution in [2.45, 2.75) is 37.8 Å². The molecule has 1 aliphatic heterocycles. The van der Waals surface area contributed by atoms with Crippen molar-refractivity contribution in [1.82, 2.24) is 19.9 Å². The van der Waals surface area contributed by atoms with Crippen molar-refractivity contribution >= 4 is 23.2 Å². The van der Waals surface area contributed by atoms with E-state index in [0.29, 0.717) is 17.1 Å². The van der Waals surface area contributed by atoms with Crippen molar-refractivity contribution in [3.8, 4) is 0 Å². The highest BCUT2D eigenvalue weighted by molar-refractivity contribution is 6.30. The second kappa shape index (κ2) is 4.90. The van der Waals surface area contributed by atoms with Crippen LogP contribution in [-0.4, -0.2) is 39.8 Å². The molecular formula is C14H18ClN5. The molecule has 20 heavy (non-hydrogen) atoms. The van der Waals surface area contributed by atoms with E-state index < -0.39 is 0 Å². The Kier molecular flexibility index (Phi) is 3.04. The van der Waals surface area contributed by atoms with Gasteiger partial charge in [0.15, 0.2) is 5.65 Å². The molecule has 2 aliphatic rings. The largest absolute Gasteiger partial charge is 0.335 e. The van der Waals surface area contributed by atoms with Crippen LogP contribution in [0.4, 0.5) is 5.95 Å². The van der Waals surface area contributed by atoms with Gasteiger partial charge >= 0.3 is 0 Å². The van der Waals surface area contributed by atoms with Gasteiger partial charge < -0.3 is 10.2 Å². The van der Waals surface area contributed by atoms with Gasteiger partial charge in [-0.05, 0) is 44.4 Å². The highest BCUT2D eigenvalue weighted by atomic mass is 35.5. The molecule has 2 fully saturated rings. The maximum Gasteiger partial charge on any atom is 0.245 e. The Hall–Kier alpha value is -1.33. The van der Waals surface area contributed by atoms with Crippen LogP contribution in [0.3, 0.4) is 0 Å². The normalized spacial score (nSPS) is 22.6. The molecule has 1 saturated carbocycles. The summed E-state index contributed by atoms with van der Waals surface area (Å²) in [6.07, 6.45) is 6.85. The van der Waals surface area contributed by atoms with E-state index >= 15 is 0 Å². The van der Waals surface area contributed by atoms with Crippen molar-refractivity contribution in [3.63, 3.8) is 0 Å². The van der Waals surface area contributed by atoms with Crippen molar-refractivity contribution in [3.05, 3.63) is 23.4 Å². The van der Waals surface area contributed by atoms with Crippen LogP contribution in [0, 0.1) is 0 Å². The predicted octanol–water partition coefficient (Wildman–Crippen LogP) is 2.10. The van der Waals surface area contributed by atoms with E-state index in [0.717, 1.165) is 24.7 Å². The maximum absolute atomic E-state index is 6.01. The second-order valence-electron chi connectivity index (χ2n) is 5.74. The van der Waals surface area contributed by atoms with Gasteiger partial charge in [0.05, 0.1) is 5.02 Å². The van der Waals surface area contributed by atoms with Crippen LogP contribution in [-0.2, 0) is 0 Å². The summed E-state index contributed by atoms with van der Waals surface area (Å²) in [5, 5.41) is 8.84. The minimum atomic E-state index is 0.575. The van der Waals surface area contributed by atoms with Crippen LogP contribution in [0.25, 0.3) is 5.65 Å². The summed E-state index contributed by atoms with van der Waals surface area (Å²) >= 11 is 6.01. The molecule has 0 radical (unpaired) electrons. The molecular weight excluding hydrogens is 274 g/mol. The highest BCUT2D eigenvalue weighted by Crippen LogP contribution is 2.31. The average Bonchev–Trinajstić information content (AvgIpc) is 2.99. The maximum atomic E-state index is 6.01. The summed E-state index contributed by atoms with van der Waals surface area (Å²) in [6, 6.07) is 4.96. The minimum absolute atomic E-state index is 0.575. The second-order valence-corrected chi connectivity index (χ2v) is 6.18. The molecule has 1 saturated heterocycles. The SMILES string of the molecule is Clc1ccc2nc(N(CC3CCCN3)C3CC3)nn2c1. The molecule has 1 unspecified atom stereocenters. The van der Waals surface area contributed by atoms with Gasteiger partial charge in [-0.2, -0.15) is 4.98 Å². The summed E-state index contributed by atoms with van der Waals surface area (Å²) in [7, 11) is 0. The highest BCUT2D eigenvalue weighted by Gasteiger charge is 2.33. The zero-order valence-electron chi connectivity index (χ0n) is 11.3. The zero-order valence-corrected chi connectivity index (χ0v) is 12.1. The molecule has 0 spiro atoms. The smallest absolute Gasteiger partial charge is 0.245 e. The molecule has 2 aromatic heterocycles. The molecule has 1 atom stereocenters. The Morgan fingerprint density at radius 3 is 3.00 bits per heavy atom. The first-order valence-electron chi connectivity index (χ1n) is 7.31. The Balaban J connectivity index is 1.63. The number of rotatable bonds is 4. The lowest BCUT2D eigenvalue weighted by molar-refractivity contribution is 0.571. The van der Waals surface area contributed by atoms with E-state index in [1.54, 1.807) is 4.52 Å². The molecule has 1 N–H and O–H groups in total. The fourth-order valence-corrected chi connectivity index (χ4v) is 3.05. The van der Waals surface area contributed by atoms with E-state index in [2.05, 4.69) is 20.3 Å². The van der Waals surface area contributed by atoms with Gasteiger partial charge in [0.1, 0.15) is 0 Å². The molecule has 4 rings (SSSR count). The van der Waals surface area contributed by atoms with Gasteiger partial charge in [0.2, 0.25) is 5.95 Å². The first-order valence-corrected chi connectivity index (χ1v) is 7.69. The van der Waals surface area contributed by atoms with Crippen LogP contribution in [0.5, 0.6) is 0 Å². The molecule has 5 nitrogen and oxygen atoms in total. The van der Waals surface area contributed by atoms with Crippen molar-refractivity contribution in [2.24, 2.45) is 0 Å². The molecule has 0 aromatic carbocycles. The van der Waals surface area contributed by atoms with E-state index in [1.807, 2.05) is 18.3 Å². The third-order valence-corrected chi connectivity index (χ3v) is 4.33. The number of nitrogens with zero attached hydrogens (tertiary/aromatic N) is 4. The Labute approximate surface area is 122 Å². The average molecular weight is 292 g/mol. The number of pyridine rings is 1. The summed E-state index contributed by atoms with van der Waals surface area (Å²) in [4.78, 5) is 7.01. The molecule has 1 aliphatic carbocycles. The Bertz CT molecular complexity index is 615. The van der Waals surface area contributed by atoms with Crippen LogP contribution in [0.15, 0.2) is 18.3 Å². The first-order chi connectivity index (χ1) is 9.79. The van der Waals surface area contributed by atoms with Gasteiger partial charge in [-0.25, -0.2) is 4.52 Å². The summed E-state index contributed by atoms with van der Waals surface area (Å²) in [5.74, 6) is 0.837. The molecule has 0 bridgehead atoms. The topological polar surface area (TPSA) is 45.5 Å². The molecule has 2 aromatic rings. The predicted molar refractivity (Wildman–Crippen MR) is 79.4 cm³/mol. The van der Waals surface area contributed by atoms with E-state index in [9.17, 15) is 0 Å². The number of hydrogen-bond donors (Lipinski definition) is 1. The molecule has 0 amide bonds. The Morgan fingerprint density at radius 2 is 2.25 bits per heavy atom. The van der Waals surface area contributed by atoms with Crippen molar-refractivity contribution in [1.29, 1.82) is 0 Å². The van der Waals surface area contributed by atoms with Crippen LogP contribution in [0.1, 0.15) is 25.7 Å². The van der Waals surface area contributed by atoms with Crippen molar-refractivity contribution in [2.75, 3.05) is 18.0 Å². The van der Waals surface area contributed by atoms with Crippen LogP contribution < -0.4 is 10.2 Å². The van der Waals surface area contributed by atoms with Gasteiger partial charge in [-0.3, -0.25) is 0 Å². The minimum Gasteiger partial charge on any atom is -0.335 e. The number of aromatic nitrogens is 3. The summed E-state index contributed by atoms with van der Waals surface area (Å²) in [6.45, 7) is 2.15. The fourth-order valence-electron chi connectivity index (χ4n) is 2.90. The van der Waals surface area contributed by atoms with Gasteiger partial charge in [0.25, 0.3) is 0 Å².